The second-order valence-electron chi connectivity index (χ2n) is 3.90. The van der Waals surface area contributed by atoms with Gasteiger partial charge in [0.25, 0.3) is 0 Å². The van der Waals surface area contributed by atoms with Crippen LogP contribution in [0.5, 0.6) is 5.75 Å². The molecule has 0 saturated carbocycles. The van der Waals surface area contributed by atoms with E-state index in [1.807, 2.05) is 24.3 Å². The summed E-state index contributed by atoms with van der Waals surface area (Å²) in [4.78, 5) is 0. The van der Waals surface area contributed by atoms with Crippen LogP contribution in [0.2, 0.25) is 0 Å². The molecular weight excluding hydrogens is 297 g/mol. The van der Waals surface area contributed by atoms with Crippen LogP contribution in [0.1, 0.15) is 17.2 Å². The lowest BCUT2D eigenvalue weighted by atomic mass is 9.99. The number of hydrogen-bond donors (Lipinski definition) is 1. The third kappa shape index (κ3) is 2.54. The fraction of sp³-hybridized carbons (Fsp3) is 0.143. The van der Waals surface area contributed by atoms with E-state index >= 15 is 0 Å². The van der Waals surface area contributed by atoms with Crippen LogP contribution in [-0.2, 0) is 0 Å². The average molecular weight is 310 g/mol. The summed E-state index contributed by atoms with van der Waals surface area (Å²) in [6.07, 6.45) is 0. The first-order valence-corrected chi connectivity index (χ1v) is 6.26. The minimum atomic E-state index is -0.516. The van der Waals surface area contributed by atoms with E-state index in [-0.39, 0.29) is 5.75 Å². The predicted molar refractivity (Wildman–Crippen MR) is 73.1 cm³/mol. The third-order valence-electron chi connectivity index (χ3n) is 2.76. The van der Waals surface area contributed by atoms with Gasteiger partial charge in [-0.25, -0.2) is 4.39 Å². The molecule has 94 valence electrons. The second-order valence-corrected chi connectivity index (χ2v) is 4.81. The van der Waals surface area contributed by atoms with Gasteiger partial charge in [-0.1, -0.05) is 40.2 Å². The van der Waals surface area contributed by atoms with Crippen LogP contribution in [0, 0.1) is 5.82 Å². The Kier molecular flexibility index (Phi) is 3.99. The van der Waals surface area contributed by atoms with Gasteiger partial charge in [0.1, 0.15) is 0 Å². The Balaban J connectivity index is 2.43. The van der Waals surface area contributed by atoms with Crippen molar-refractivity contribution in [3.8, 4) is 5.75 Å². The van der Waals surface area contributed by atoms with Gasteiger partial charge >= 0.3 is 0 Å². The molecule has 0 amide bonds. The highest BCUT2D eigenvalue weighted by atomic mass is 79.9. The Morgan fingerprint density at radius 2 is 1.94 bits per heavy atom. The van der Waals surface area contributed by atoms with Gasteiger partial charge in [-0.05, 0) is 23.8 Å². The number of halogens is 2. The number of methoxy groups -OCH3 is 1. The molecule has 0 aliphatic carbocycles. The summed E-state index contributed by atoms with van der Waals surface area (Å²) in [6, 6.07) is 12.0. The summed E-state index contributed by atoms with van der Waals surface area (Å²) in [5.41, 5.74) is 7.36. The molecule has 0 saturated heterocycles. The maximum absolute atomic E-state index is 14.1. The molecule has 0 spiro atoms. The zero-order valence-corrected chi connectivity index (χ0v) is 11.4. The summed E-state index contributed by atoms with van der Waals surface area (Å²) >= 11 is 3.38. The largest absolute Gasteiger partial charge is 0.494 e. The SMILES string of the molecule is COc1cccc(C(N)c2cccc(Br)c2)c1F. The Morgan fingerprint density at radius 3 is 2.61 bits per heavy atom. The highest BCUT2D eigenvalue weighted by Crippen LogP contribution is 2.28. The fourth-order valence-electron chi connectivity index (χ4n) is 1.81. The first kappa shape index (κ1) is 13.1. The van der Waals surface area contributed by atoms with Crippen LogP contribution in [0.4, 0.5) is 4.39 Å². The quantitative estimate of drug-likeness (QED) is 0.939. The van der Waals surface area contributed by atoms with Crippen molar-refractivity contribution in [1.82, 2.24) is 0 Å². The zero-order chi connectivity index (χ0) is 13.1. The van der Waals surface area contributed by atoms with E-state index in [9.17, 15) is 4.39 Å². The maximum atomic E-state index is 14.1. The Morgan fingerprint density at radius 1 is 1.22 bits per heavy atom. The van der Waals surface area contributed by atoms with Crippen LogP contribution >= 0.6 is 15.9 Å². The predicted octanol–water partition coefficient (Wildman–Crippen LogP) is 3.64. The van der Waals surface area contributed by atoms with E-state index in [1.165, 1.54) is 7.11 Å². The molecule has 0 aromatic heterocycles. The molecule has 2 N–H and O–H groups in total. The molecule has 0 heterocycles. The van der Waals surface area contributed by atoms with Crippen molar-refractivity contribution in [2.75, 3.05) is 7.11 Å². The maximum Gasteiger partial charge on any atom is 0.170 e. The molecule has 0 radical (unpaired) electrons. The number of hydrogen-bond acceptors (Lipinski definition) is 2. The average Bonchev–Trinajstić information content (AvgIpc) is 2.38. The first-order valence-electron chi connectivity index (χ1n) is 5.47. The van der Waals surface area contributed by atoms with Crippen LogP contribution in [0.3, 0.4) is 0 Å². The molecule has 4 heteroatoms. The Hall–Kier alpha value is -1.39. The summed E-state index contributed by atoms with van der Waals surface area (Å²) in [5, 5.41) is 0. The monoisotopic (exact) mass is 309 g/mol. The molecule has 2 aromatic rings. The second kappa shape index (κ2) is 5.50. The molecular formula is C14H13BrFNO. The minimum absolute atomic E-state index is 0.206. The van der Waals surface area contributed by atoms with Gasteiger partial charge in [0.05, 0.1) is 13.2 Å². The molecule has 0 aliphatic heterocycles. The van der Waals surface area contributed by atoms with Crippen LogP contribution in [0.15, 0.2) is 46.9 Å². The van der Waals surface area contributed by atoms with E-state index < -0.39 is 11.9 Å². The zero-order valence-electron chi connectivity index (χ0n) is 9.86. The minimum Gasteiger partial charge on any atom is -0.494 e. The molecule has 2 aromatic carbocycles. The number of benzene rings is 2. The van der Waals surface area contributed by atoms with E-state index in [1.54, 1.807) is 18.2 Å². The van der Waals surface area contributed by atoms with Gasteiger partial charge in [0, 0.05) is 10.0 Å². The summed E-state index contributed by atoms with van der Waals surface area (Å²) in [5.74, 6) is -0.203. The lowest BCUT2D eigenvalue weighted by molar-refractivity contribution is 0.383. The van der Waals surface area contributed by atoms with Gasteiger partial charge in [0.2, 0.25) is 0 Å². The Bertz CT molecular complexity index is 559. The van der Waals surface area contributed by atoms with E-state index in [0.29, 0.717) is 5.56 Å². The molecule has 2 rings (SSSR count). The van der Waals surface area contributed by atoms with Crippen molar-refractivity contribution in [3.05, 3.63) is 63.9 Å². The number of rotatable bonds is 3. The molecule has 1 unspecified atom stereocenters. The van der Waals surface area contributed by atoms with Crippen LogP contribution < -0.4 is 10.5 Å². The van der Waals surface area contributed by atoms with Gasteiger partial charge in [-0.2, -0.15) is 0 Å². The van der Waals surface area contributed by atoms with Crippen molar-refractivity contribution >= 4 is 15.9 Å². The van der Waals surface area contributed by atoms with E-state index in [0.717, 1.165) is 10.0 Å². The molecule has 0 aliphatic rings. The highest BCUT2D eigenvalue weighted by Gasteiger charge is 2.16. The lowest BCUT2D eigenvalue weighted by Crippen LogP contribution is -2.14. The van der Waals surface area contributed by atoms with Crippen LogP contribution in [0.25, 0.3) is 0 Å². The van der Waals surface area contributed by atoms with Gasteiger partial charge < -0.3 is 10.5 Å². The topological polar surface area (TPSA) is 35.2 Å². The molecule has 0 bridgehead atoms. The van der Waals surface area contributed by atoms with Gasteiger partial charge in [-0.15, -0.1) is 0 Å². The summed E-state index contributed by atoms with van der Waals surface area (Å²) in [7, 11) is 1.44. The van der Waals surface area contributed by atoms with Gasteiger partial charge in [0.15, 0.2) is 11.6 Å². The van der Waals surface area contributed by atoms with E-state index in [4.69, 9.17) is 10.5 Å². The molecule has 2 nitrogen and oxygen atoms in total. The van der Waals surface area contributed by atoms with E-state index in [2.05, 4.69) is 15.9 Å². The molecule has 1 atom stereocenters. The van der Waals surface area contributed by atoms with Crippen molar-refractivity contribution in [1.29, 1.82) is 0 Å². The number of nitrogens with two attached hydrogens (primary N) is 1. The lowest BCUT2D eigenvalue weighted by Gasteiger charge is -2.15. The summed E-state index contributed by atoms with van der Waals surface area (Å²) < 4.78 is 20.0. The number of ether oxygens (including phenoxy) is 1. The van der Waals surface area contributed by atoms with Crippen molar-refractivity contribution in [2.45, 2.75) is 6.04 Å². The highest BCUT2D eigenvalue weighted by molar-refractivity contribution is 9.10. The summed E-state index contributed by atoms with van der Waals surface area (Å²) in [6.45, 7) is 0. The molecule has 18 heavy (non-hydrogen) atoms. The normalized spacial score (nSPS) is 12.2. The molecule has 0 fully saturated rings. The first-order chi connectivity index (χ1) is 8.63. The fourth-order valence-corrected chi connectivity index (χ4v) is 2.22. The standard InChI is InChI=1S/C14H13BrFNO/c1-18-12-7-3-6-11(13(12)16)14(17)9-4-2-5-10(15)8-9/h2-8,14H,17H2,1H3. The third-order valence-corrected chi connectivity index (χ3v) is 3.25. The van der Waals surface area contributed by atoms with Crippen molar-refractivity contribution in [3.63, 3.8) is 0 Å². The van der Waals surface area contributed by atoms with Gasteiger partial charge in [-0.3, -0.25) is 0 Å². The van der Waals surface area contributed by atoms with Crippen LogP contribution in [-0.4, -0.2) is 7.11 Å². The van der Waals surface area contributed by atoms with Crippen molar-refractivity contribution < 1.29 is 9.13 Å². The smallest absolute Gasteiger partial charge is 0.170 e. The van der Waals surface area contributed by atoms with Crippen molar-refractivity contribution in [2.24, 2.45) is 5.73 Å². The Labute approximate surface area is 114 Å².